The molecule has 1 N–H and O–H groups in total. The fourth-order valence-corrected chi connectivity index (χ4v) is 1.37. The predicted molar refractivity (Wildman–Crippen MR) is 63.8 cm³/mol. The van der Waals surface area contributed by atoms with Gasteiger partial charge in [-0.2, -0.15) is 0 Å². The maximum atomic E-state index is 11.4. The first-order valence-corrected chi connectivity index (χ1v) is 5.63. The number of nitrogens with one attached hydrogen (secondary N) is 1. The molecule has 104 valence electrons. The fourth-order valence-electron chi connectivity index (χ4n) is 1.37. The molecule has 0 radical (unpaired) electrons. The van der Waals surface area contributed by atoms with Crippen molar-refractivity contribution >= 4 is 18.0 Å². The number of hydrogen-bond acceptors (Lipinski definition) is 6. The Morgan fingerprint density at radius 2 is 1.94 bits per heavy atom. The number of hydrogen-bond donors (Lipinski definition) is 1. The molecule has 0 bridgehead atoms. The number of alkyl carbamates (subject to hydrolysis) is 1. The highest BCUT2D eigenvalue weighted by Gasteiger charge is 2.17. The van der Waals surface area contributed by atoms with Crippen molar-refractivity contribution in [1.29, 1.82) is 0 Å². The topological polar surface area (TPSA) is 84.9 Å². The molecule has 7 heteroatoms. The van der Waals surface area contributed by atoms with Crippen LogP contribution in [0.4, 0.5) is 4.79 Å². The van der Waals surface area contributed by atoms with Crippen LogP contribution in [0.1, 0.15) is 13.8 Å². The normalized spacial score (nSPS) is 11.8. The van der Waals surface area contributed by atoms with Crippen molar-refractivity contribution in [2.24, 2.45) is 5.92 Å². The molecule has 0 aromatic carbocycles. The maximum Gasteiger partial charge on any atom is 0.413 e. The van der Waals surface area contributed by atoms with Crippen molar-refractivity contribution in [2.75, 3.05) is 33.9 Å². The minimum absolute atomic E-state index is 0.000147. The molecule has 0 heterocycles. The number of carbonyl (C=O) groups is 3. The Morgan fingerprint density at radius 3 is 2.44 bits per heavy atom. The summed E-state index contributed by atoms with van der Waals surface area (Å²) < 4.78 is 9.14. The maximum absolute atomic E-state index is 11.4. The quantitative estimate of drug-likeness (QED) is 0.677. The Bertz CT molecular complexity index is 306. The molecule has 0 fully saturated rings. The molecule has 18 heavy (non-hydrogen) atoms. The molecule has 1 unspecified atom stereocenters. The minimum atomic E-state index is -0.767. The number of esters is 1. The van der Waals surface area contributed by atoms with E-state index in [1.807, 2.05) is 0 Å². The molecule has 0 aliphatic rings. The van der Waals surface area contributed by atoms with Gasteiger partial charge in [-0.15, -0.1) is 0 Å². The van der Waals surface area contributed by atoms with Crippen molar-refractivity contribution in [2.45, 2.75) is 13.8 Å². The van der Waals surface area contributed by atoms with Crippen molar-refractivity contribution < 1.29 is 23.9 Å². The molecule has 0 aromatic heterocycles. The van der Waals surface area contributed by atoms with Crippen molar-refractivity contribution in [3.05, 3.63) is 0 Å². The number of likely N-dealkylation sites (N-methyl/N-ethyl adjacent to an activating group) is 1. The van der Waals surface area contributed by atoms with Gasteiger partial charge in [0.05, 0.1) is 26.2 Å². The summed E-state index contributed by atoms with van der Waals surface area (Å²) in [6, 6.07) is 0. The Balaban J connectivity index is 4.00. The van der Waals surface area contributed by atoms with Gasteiger partial charge >= 0.3 is 12.1 Å². The van der Waals surface area contributed by atoms with Gasteiger partial charge in [0.1, 0.15) is 0 Å². The Kier molecular flexibility index (Phi) is 7.69. The third-order valence-electron chi connectivity index (χ3n) is 2.12. The van der Waals surface area contributed by atoms with E-state index in [1.54, 1.807) is 25.8 Å². The number of imide groups is 1. The molecule has 2 amide bonds. The van der Waals surface area contributed by atoms with Crippen LogP contribution in [0.2, 0.25) is 0 Å². The van der Waals surface area contributed by atoms with Crippen LogP contribution in [0, 0.1) is 5.92 Å². The van der Waals surface area contributed by atoms with E-state index < -0.39 is 12.0 Å². The lowest BCUT2D eigenvalue weighted by Gasteiger charge is -2.18. The van der Waals surface area contributed by atoms with Gasteiger partial charge in [0, 0.05) is 6.54 Å². The van der Waals surface area contributed by atoms with E-state index in [-0.39, 0.29) is 25.0 Å². The highest BCUT2D eigenvalue weighted by atomic mass is 16.5. The van der Waals surface area contributed by atoms with Gasteiger partial charge in [-0.3, -0.25) is 19.8 Å². The summed E-state index contributed by atoms with van der Waals surface area (Å²) in [6.07, 6.45) is -0.767. The summed E-state index contributed by atoms with van der Waals surface area (Å²) in [5.74, 6) is -1.16. The molecule has 1 atom stereocenters. The SMILES string of the molecule is CCOC(=O)NC(=O)CN(C)CC(C)C(=O)OC. The highest BCUT2D eigenvalue weighted by Crippen LogP contribution is 2.00. The van der Waals surface area contributed by atoms with Gasteiger partial charge in [0.15, 0.2) is 0 Å². The van der Waals surface area contributed by atoms with E-state index >= 15 is 0 Å². The molecule has 0 aromatic rings. The monoisotopic (exact) mass is 260 g/mol. The lowest BCUT2D eigenvalue weighted by molar-refractivity contribution is -0.145. The summed E-state index contributed by atoms with van der Waals surface area (Å²) in [5, 5.41) is 2.07. The molecule has 0 aliphatic carbocycles. The minimum Gasteiger partial charge on any atom is -0.469 e. The largest absolute Gasteiger partial charge is 0.469 e. The van der Waals surface area contributed by atoms with Crippen LogP contribution in [0.25, 0.3) is 0 Å². The van der Waals surface area contributed by atoms with Crippen LogP contribution in [0.5, 0.6) is 0 Å². The van der Waals surface area contributed by atoms with Crippen molar-refractivity contribution in [3.63, 3.8) is 0 Å². The van der Waals surface area contributed by atoms with Gasteiger partial charge < -0.3 is 9.47 Å². The summed E-state index contributed by atoms with van der Waals surface area (Å²) in [7, 11) is 2.98. The molecule has 0 rings (SSSR count). The molecular weight excluding hydrogens is 240 g/mol. The standard InChI is InChI=1S/C11H20N2O5/c1-5-18-11(16)12-9(14)7-13(3)6-8(2)10(15)17-4/h8H,5-7H2,1-4H3,(H,12,14,16). The van der Waals surface area contributed by atoms with Crippen LogP contribution < -0.4 is 5.32 Å². The molecule has 0 saturated carbocycles. The predicted octanol–water partition coefficient (Wildman–Crippen LogP) is 0.00000000000000111. The van der Waals surface area contributed by atoms with E-state index in [0.29, 0.717) is 6.54 Å². The van der Waals surface area contributed by atoms with Gasteiger partial charge in [0.25, 0.3) is 0 Å². The average molecular weight is 260 g/mol. The zero-order valence-corrected chi connectivity index (χ0v) is 11.2. The van der Waals surface area contributed by atoms with Gasteiger partial charge in [-0.05, 0) is 14.0 Å². The van der Waals surface area contributed by atoms with E-state index in [0.717, 1.165) is 0 Å². The lowest BCUT2D eigenvalue weighted by atomic mass is 10.2. The number of carbonyl (C=O) groups excluding carboxylic acids is 3. The van der Waals surface area contributed by atoms with Crippen LogP contribution in [0.3, 0.4) is 0 Å². The van der Waals surface area contributed by atoms with E-state index in [4.69, 9.17) is 0 Å². The molecule has 0 saturated heterocycles. The van der Waals surface area contributed by atoms with E-state index in [1.165, 1.54) is 7.11 Å². The van der Waals surface area contributed by atoms with Gasteiger partial charge in [0.2, 0.25) is 5.91 Å². The summed E-state index contributed by atoms with van der Waals surface area (Å²) in [6.45, 7) is 3.91. The van der Waals surface area contributed by atoms with Crippen LogP contribution in [0.15, 0.2) is 0 Å². The average Bonchev–Trinajstić information content (AvgIpc) is 2.27. The van der Waals surface area contributed by atoms with E-state index in [2.05, 4.69) is 14.8 Å². The van der Waals surface area contributed by atoms with Crippen LogP contribution >= 0.6 is 0 Å². The molecule has 7 nitrogen and oxygen atoms in total. The van der Waals surface area contributed by atoms with Gasteiger partial charge in [-0.25, -0.2) is 4.79 Å². The van der Waals surface area contributed by atoms with Gasteiger partial charge in [-0.1, -0.05) is 6.92 Å². The first-order chi connectivity index (χ1) is 8.40. The number of methoxy groups -OCH3 is 1. The Morgan fingerprint density at radius 1 is 1.33 bits per heavy atom. The smallest absolute Gasteiger partial charge is 0.413 e. The second kappa shape index (κ2) is 8.46. The van der Waals surface area contributed by atoms with Crippen LogP contribution in [-0.4, -0.2) is 56.7 Å². The van der Waals surface area contributed by atoms with Crippen LogP contribution in [-0.2, 0) is 19.1 Å². The lowest BCUT2D eigenvalue weighted by Crippen LogP contribution is -2.40. The summed E-state index contributed by atoms with van der Waals surface area (Å²) in [5.41, 5.74) is 0. The summed E-state index contributed by atoms with van der Waals surface area (Å²) in [4.78, 5) is 35.1. The molecule has 0 aliphatic heterocycles. The van der Waals surface area contributed by atoms with Crippen molar-refractivity contribution in [3.8, 4) is 0 Å². The van der Waals surface area contributed by atoms with E-state index in [9.17, 15) is 14.4 Å². The second-order valence-corrected chi connectivity index (χ2v) is 3.89. The fraction of sp³-hybridized carbons (Fsp3) is 0.727. The third-order valence-corrected chi connectivity index (χ3v) is 2.12. The zero-order chi connectivity index (χ0) is 14.1. The molecular formula is C11H20N2O5. The third kappa shape index (κ3) is 6.85. The second-order valence-electron chi connectivity index (χ2n) is 3.89. The zero-order valence-electron chi connectivity index (χ0n) is 11.2. The summed E-state index contributed by atoms with van der Waals surface area (Å²) >= 11 is 0. The first kappa shape index (κ1) is 16.4. The number of ether oxygens (including phenoxy) is 2. The number of nitrogens with zero attached hydrogens (tertiary/aromatic N) is 1. The molecule has 0 spiro atoms. The van der Waals surface area contributed by atoms with Crippen molar-refractivity contribution in [1.82, 2.24) is 10.2 Å². The Labute approximate surface area is 106 Å². The first-order valence-electron chi connectivity index (χ1n) is 5.63. The Hall–Kier alpha value is -1.63. The highest BCUT2D eigenvalue weighted by molar-refractivity contribution is 5.92. The number of rotatable bonds is 6. The number of amides is 2.